The third kappa shape index (κ3) is 11.3. The smallest absolute Gasteiger partial charge is 0.303 e. The predicted octanol–water partition coefficient (Wildman–Crippen LogP) is 7.98. The van der Waals surface area contributed by atoms with Crippen LogP contribution in [0.4, 0.5) is 0 Å². The highest BCUT2D eigenvalue weighted by Crippen LogP contribution is 2.42. The lowest BCUT2D eigenvalue weighted by atomic mass is 9.75. The molecule has 3 aromatic rings. The van der Waals surface area contributed by atoms with Gasteiger partial charge in [0.2, 0.25) is 11.8 Å². The minimum absolute atomic E-state index is 0.0201. The molecule has 6 atom stereocenters. The van der Waals surface area contributed by atoms with Gasteiger partial charge in [-0.25, -0.2) is 0 Å². The first-order valence-corrected chi connectivity index (χ1v) is 20.7. The zero-order valence-corrected chi connectivity index (χ0v) is 33.4. The Bertz CT molecular complexity index is 1760. The number of nitrogens with one attached hydrogen (secondary N) is 2. The number of carbonyl (C=O) groups excluding carboxylic acids is 2. The Kier molecular flexibility index (Phi) is 14.4. The first-order valence-electron chi connectivity index (χ1n) is 20.7. The molecule has 10 heteroatoms. The van der Waals surface area contributed by atoms with E-state index in [9.17, 15) is 19.5 Å². The molecule has 3 aliphatic rings. The molecule has 0 bridgehead atoms. The molecule has 2 amide bonds. The maximum atomic E-state index is 13.8. The number of piperidine rings is 1. The number of rotatable bonds is 15. The van der Waals surface area contributed by atoms with Gasteiger partial charge in [-0.3, -0.25) is 19.3 Å². The lowest BCUT2D eigenvalue weighted by molar-refractivity contribution is -0.255. The molecule has 2 aliphatic heterocycles. The van der Waals surface area contributed by atoms with Crippen LogP contribution in [0.3, 0.4) is 0 Å². The molecule has 0 spiro atoms. The number of aliphatic carboxylic acids is 1. The summed E-state index contributed by atoms with van der Waals surface area (Å²) in [6.07, 6.45) is 8.74. The maximum Gasteiger partial charge on any atom is 0.303 e. The van der Waals surface area contributed by atoms with E-state index in [0.717, 1.165) is 52.6 Å². The first kappa shape index (κ1) is 41.5. The number of carbonyl (C=O) groups is 3. The SMILES string of the molecule is CC(C)(C)NC(=O)C1CCC2CCCCC2N1CC1CC(c2ccc(CO)cc2)OC(c2ccc(-c3ccccc3CNC(=O)CCCCCC(=O)O)cc2)O1. The summed E-state index contributed by atoms with van der Waals surface area (Å²) in [5.74, 6) is -0.154. The van der Waals surface area contributed by atoms with Crippen molar-refractivity contribution >= 4 is 17.8 Å². The average molecular weight is 768 g/mol. The van der Waals surface area contributed by atoms with E-state index in [0.29, 0.717) is 57.2 Å². The molecule has 6 unspecified atom stereocenters. The van der Waals surface area contributed by atoms with E-state index in [4.69, 9.17) is 14.6 Å². The quantitative estimate of drug-likeness (QED) is 0.114. The van der Waals surface area contributed by atoms with E-state index < -0.39 is 12.3 Å². The van der Waals surface area contributed by atoms with Gasteiger partial charge in [0.15, 0.2) is 6.29 Å². The van der Waals surface area contributed by atoms with Crippen molar-refractivity contribution in [1.82, 2.24) is 15.5 Å². The van der Waals surface area contributed by atoms with Crippen molar-refractivity contribution in [3.8, 4) is 11.1 Å². The molecule has 302 valence electrons. The van der Waals surface area contributed by atoms with Gasteiger partial charge in [0.05, 0.1) is 24.9 Å². The van der Waals surface area contributed by atoms with Gasteiger partial charge in [-0.15, -0.1) is 0 Å². The number of ether oxygens (including phenoxy) is 2. The second-order valence-corrected chi connectivity index (χ2v) is 17.0. The lowest BCUT2D eigenvalue weighted by Crippen LogP contribution is -2.61. The van der Waals surface area contributed by atoms with Crippen LogP contribution in [-0.2, 0) is 37.0 Å². The molecular formula is C46H61N3O7. The molecule has 3 fully saturated rings. The van der Waals surface area contributed by atoms with E-state index in [-0.39, 0.29) is 48.6 Å². The van der Waals surface area contributed by atoms with Crippen molar-refractivity contribution in [3.05, 3.63) is 95.1 Å². The Hall–Kier alpha value is -4.09. The van der Waals surface area contributed by atoms with Crippen molar-refractivity contribution in [3.63, 3.8) is 0 Å². The Morgan fingerprint density at radius 1 is 0.821 bits per heavy atom. The Balaban J connectivity index is 1.19. The Labute approximate surface area is 332 Å². The summed E-state index contributed by atoms with van der Waals surface area (Å²) in [4.78, 5) is 39.6. The van der Waals surface area contributed by atoms with Gasteiger partial charge >= 0.3 is 5.97 Å². The van der Waals surface area contributed by atoms with Gasteiger partial charge in [-0.1, -0.05) is 92.1 Å². The zero-order chi connectivity index (χ0) is 39.7. The number of amides is 2. The maximum absolute atomic E-state index is 13.8. The Morgan fingerprint density at radius 2 is 1.54 bits per heavy atom. The summed E-state index contributed by atoms with van der Waals surface area (Å²) in [5.41, 5.74) is 5.51. The second-order valence-electron chi connectivity index (χ2n) is 17.0. The molecule has 1 aliphatic carbocycles. The van der Waals surface area contributed by atoms with Crippen molar-refractivity contribution in [1.29, 1.82) is 0 Å². The van der Waals surface area contributed by atoms with Crippen LogP contribution in [0.15, 0.2) is 72.8 Å². The monoisotopic (exact) mass is 767 g/mol. The summed E-state index contributed by atoms with van der Waals surface area (Å²) in [6, 6.07) is 24.4. The fourth-order valence-electron chi connectivity index (χ4n) is 8.79. The Morgan fingerprint density at radius 3 is 2.27 bits per heavy atom. The van der Waals surface area contributed by atoms with E-state index in [1.807, 2.05) is 63.2 Å². The lowest BCUT2D eigenvalue weighted by Gasteiger charge is -2.50. The van der Waals surface area contributed by atoms with Crippen molar-refractivity contribution in [2.45, 2.75) is 147 Å². The first-order chi connectivity index (χ1) is 27.0. The molecular weight excluding hydrogens is 707 g/mol. The van der Waals surface area contributed by atoms with E-state index >= 15 is 0 Å². The highest BCUT2D eigenvalue weighted by atomic mass is 16.7. The molecule has 6 rings (SSSR count). The average Bonchev–Trinajstić information content (AvgIpc) is 3.19. The number of carboxylic acids is 1. The number of fused-ring (bicyclic) bond motifs is 1. The predicted molar refractivity (Wildman–Crippen MR) is 216 cm³/mol. The van der Waals surface area contributed by atoms with Crippen molar-refractivity contribution in [2.75, 3.05) is 6.54 Å². The van der Waals surface area contributed by atoms with Gasteiger partial charge < -0.3 is 30.3 Å². The third-order valence-electron chi connectivity index (χ3n) is 11.6. The van der Waals surface area contributed by atoms with E-state index in [1.54, 1.807) is 0 Å². The van der Waals surface area contributed by atoms with Crippen molar-refractivity contribution < 1.29 is 34.1 Å². The molecule has 3 aromatic carbocycles. The molecule has 10 nitrogen and oxygen atoms in total. The van der Waals surface area contributed by atoms with Crippen LogP contribution in [0.2, 0.25) is 0 Å². The van der Waals surface area contributed by atoms with E-state index in [2.05, 4.69) is 45.9 Å². The number of hydrogen-bond acceptors (Lipinski definition) is 7. The van der Waals surface area contributed by atoms with Crippen LogP contribution < -0.4 is 10.6 Å². The summed E-state index contributed by atoms with van der Waals surface area (Å²) in [7, 11) is 0. The molecule has 2 heterocycles. The summed E-state index contributed by atoms with van der Waals surface area (Å²) in [6.45, 7) is 7.15. The largest absolute Gasteiger partial charge is 0.481 e. The standard InChI is InChI=1S/C46H61N3O7/c1-46(2,3)48-44(54)40-26-25-33-11-8-10-14-39(33)49(40)29-37-27-41(34-19-17-31(30-50)18-20-34)56-45(55-37)35-23-21-32(22-24-35)38-13-9-7-12-36(38)28-47-42(51)15-5-4-6-16-43(52)53/h7,9,12-13,17-24,33,37,39-41,45,50H,4-6,8,10-11,14-16,25-30H2,1-3H3,(H,47,51)(H,48,54)(H,52,53). The number of unbranched alkanes of at least 4 members (excludes halogenated alkanes) is 2. The minimum Gasteiger partial charge on any atom is -0.481 e. The van der Waals surface area contributed by atoms with E-state index in [1.165, 1.54) is 19.3 Å². The fraction of sp³-hybridized carbons (Fsp3) is 0.543. The fourth-order valence-corrected chi connectivity index (χ4v) is 8.79. The number of likely N-dealkylation sites (tertiary alicyclic amines) is 1. The van der Waals surface area contributed by atoms with Crippen molar-refractivity contribution in [2.24, 2.45) is 5.92 Å². The van der Waals surface area contributed by atoms with Crippen LogP contribution in [0.25, 0.3) is 11.1 Å². The molecule has 56 heavy (non-hydrogen) atoms. The highest BCUT2D eigenvalue weighted by Gasteiger charge is 2.44. The summed E-state index contributed by atoms with van der Waals surface area (Å²) >= 11 is 0. The van der Waals surface area contributed by atoms with Gasteiger partial charge in [0.25, 0.3) is 0 Å². The summed E-state index contributed by atoms with van der Waals surface area (Å²) < 4.78 is 13.6. The molecule has 2 saturated heterocycles. The van der Waals surface area contributed by atoms with Crippen LogP contribution in [0, 0.1) is 5.92 Å². The van der Waals surface area contributed by atoms with Crippen LogP contribution >= 0.6 is 0 Å². The number of aliphatic hydroxyl groups excluding tert-OH is 1. The highest BCUT2D eigenvalue weighted by molar-refractivity contribution is 5.82. The van der Waals surface area contributed by atoms with Gasteiger partial charge in [0, 0.05) is 49.5 Å². The molecule has 4 N–H and O–H groups in total. The number of hydrogen-bond donors (Lipinski definition) is 4. The topological polar surface area (TPSA) is 137 Å². The molecule has 1 saturated carbocycles. The number of nitrogens with zero attached hydrogens (tertiary/aromatic N) is 1. The van der Waals surface area contributed by atoms with Gasteiger partial charge in [-0.2, -0.15) is 0 Å². The number of carboxylic acid groups (broad SMARTS) is 1. The number of aliphatic hydroxyl groups is 1. The van der Waals surface area contributed by atoms with Crippen LogP contribution in [-0.4, -0.2) is 63.2 Å². The third-order valence-corrected chi connectivity index (χ3v) is 11.6. The van der Waals surface area contributed by atoms with Crippen LogP contribution in [0.1, 0.15) is 132 Å². The molecule has 0 aromatic heterocycles. The van der Waals surface area contributed by atoms with Gasteiger partial charge in [0.1, 0.15) is 0 Å². The normalized spacial score (nSPS) is 24.2. The molecule has 0 radical (unpaired) electrons. The second kappa shape index (κ2) is 19.4. The minimum atomic E-state index is -0.807. The summed E-state index contributed by atoms with van der Waals surface area (Å²) in [5, 5.41) is 24.9. The van der Waals surface area contributed by atoms with Crippen LogP contribution in [0.5, 0.6) is 0 Å². The zero-order valence-electron chi connectivity index (χ0n) is 33.4. The van der Waals surface area contributed by atoms with Gasteiger partial charge in [-0.05, 0) is 93.0 Å². The number of benzene rings is 3.